The summed E-state index contributed by atoms with van der Waals surface area (Å²) < 4.78 is 12.8. The molecule has 2 N–H and O–H groups in total. The second-order valence-corrected chi connectivity index (χ2v) is 12.6. The van der Waals surface area contributed by atoms with Gasteiger partial charge < -0.3 is 25.0 Å². The van der Waals surface area contributed by atoms with E-state index in [0.29, 0.717) is 49.9 Å². The third kappa shape index (κ3) is 6.17. The fraction of sp³-hybridized carbons (Fsp3) is 0.586. The van der Waals surface area contributed by atoms with Crippen LogP contribution in [0, 0.1) is 0 Å². The van der Waals surface area contributed by atoms with Crippen LogP contribution in [0.25, 0.3) is 0 Å². The van der Waals surface area contributed by atoms with E-state index < -0.39 is 11.2 Å². The van der Waals surface area contributed by atoms with E-state index >= 15 is 0 Å². The van der Waals surface area contributed by atoms with Crippen LogP contribution in [0.5, 0.6) is 0 Å². The molecule has 2 amide bonds. The number of unbranched alkanes of at least 4 members (excludes halogenated alkanes) is 1. The van der Waals surface area contributed by atoms with Crippen LogP contribution in [-0.4, -0.2) is 76.3 Å². The number of hydrogen-bond donors (Lipinski definition) is 2. The van der Waals surface area contributed by atoms with Crippen molar-refractivity contribution in [2.45, 2.75) is 74.6 Å². The molecule has 1 unspecified atom stereocenters. The molecule has 2 aromatic rings. The molecule has 9 nitrogen and oxygen atoms in total. The zero-order chi connectivity index (χ0) is 27.4. The molecule has 0 saturated carbocycles. The molecule has 5 rings (SSSR count). The van der Waals surface area contributed by atoms with Crippen molar-refractivity contribution in [3.63, 3.8) is 0 Å². The van der Waals surface area contributed by atoms with Gasteiger partial charge in [0.15, 0.2) is 5.82 Å². The highest BCUT2D eigenvalue weighted by Gasteiger charge is 2.39. The Morgan fingerprint density at radius 2 is 1.95 bits per heavy atom. The molecule has 2 saturated heterocycles. The lowest BCUT2D eigenvalue weighted by Gasteiger charge is -2.42. The van der Waals surface area contributed by atoms with Crippen LogP contribution in [0.2, 0.25) is 0 Å². The average molecular weight is 553 g/mol. The number of fused-ring (bicyclic) bond motifs is 1. The van der Waals surface area contributed by atoms with Crippen LogP contribution in [0.4, 0.5) is 11.8 Å². The zero-order valence-electron chi connectivity index (χ0n) is 23.1. The van der Waals surface area contributed by atoms with E-state index in [1.165, 1.54) is 5.56 Å². The van der Waals surface area contributed by atoms with Crippen LogP contribution >= 0.6 is 0 Å². The lowest BCUT2D eigenvalue weighted by atomic mass is 9.72. The van der Waals surface area contributed by atoms with Crippen molar-refractivity contribution in [2.75, 3.05) is 49.2 Å². The third-order valence-electron chi connectivity index (χ3n) is 8.41. The summed E-state index contributed by atoms with van der Waals surface area (Å²) in [6.45, 7) is 4.86. The van der Waals surface area contributed by atoms with E-state index in [9.17, 15) is 14.1 Å². The quantitative estimate of drug-likeness (QED) is 0.460. The van der Waals surface area contributed by atoms with Gasteiger partial charge in [0.1, 0.15) is 11.4 Å². The molecule has 1 aromatic carbocycles. The topological polar surface area (TPSA) is 114 Å². The molecule has 4 heterocycles. The third-order valence-corrected chi connectivity index (χ3v) is 9.87. The monoisotopic (exact) mass is 552 g/mol. The lowest BCUT2D eigenvalue weighted by molar-refractivity contribution is -0.132. The maximum atomic E-state index is 12.8. The number of rotatable bonds is 9. The Bertz CT molecular complexity index is 1170. The summed E-state index contributed by atoms with van der Waals surface area (Å²) in [4.78, 5) is 39.0. The van der Waals surface area contributed by atoms with Gasteiger partial charge in [-0.05, 0) is 42.4 Å². The molecule has 39 heavy (non-hydrogen) atoms. The highest BCUT2D eigenvalue weighted by Crippen LogP contribution is 2.38. The number of hydrogen-bond acceptors (Lipinski definition) is 7. The SMILES string of the molecule is CCCCC(=O)NCC1(c2ccccc2)CCN(c2nc3c(c(N[C@H]4CCC(=O)N(C)C4)n2)[S+]([O-])CC3)CC1. The van der Waals surface area contributed by atoms with Crippen LogP contribution in [-0.2, 0) is 32.6 Å². The molecular weight excluding hydrogens is 512 g/mol. The fourth-order valence-electron chi connectivity index (χ4n) is 5.93. The minimum atomic E-state index is -1.12. The highest BCUT2D eigenvalue weighted by atomic mass is 32.2. The zero-order valence-corrected chi connectivity index (χ0v) is 23.9. The van der Waals surface area contributed by atoms with Crippen molar-refractivity contribution in [1.29, 1.82) is 0 Å². The molecular formula is C29H40N6O3S. The highest BCUT2D eigenvalue weighted by molar-refractivity contribution is 7.91. The smallest absolute Gasteiger partial charge is 0.227 e. The van der Waals surface area contributed by atoms with Gasteiger partial charge in [-0.1, -0.05) is 43.7 Å². The number of carbonyl (C=O) groups is 2. The Labute approximate surface area is 234 Å². The number of aryl methyl sites for hydroxylation is 1. The van der Waals surface area contributed by atoms with Crippen molar-refractivity contribution < 1.29 is 14.1 Å². The van der Waals surface area contributed by atoms with Gasteiger partial charge in [-0.3, -0.25) is 9.59 Å². The van der Waals surface area contributed by atoms with Gasteiger partial charge in [0.2, 0.25) is 22.7 Å². The summed E-state index contributed by atoms with van der Waals surface area (Å²) in [6.07, 6.45) is 6.14. The fourth-order valence-corrected chi connectivity index (χ4v) is 7.25. The second-order valence-electron chi connectivity index (χ2n) is 11.1. The number of carbonyl (C=O) groups excluding carboxylic acids is 2. The van der Waals surface area contributed by atoms with Gasteiger partial charge in [0.25, 0.3) is 0 Å². The van der Waals surface area contributed by atoms with Crippen molar-refractivity contribution in [3.05, 3.63) is 41.6 Å². The molecule has 2 fully saturated rings. The number of nitrogens with one attached hydrogen (secondary N) is 2. The minimum absolute atomic E-state index is 0.0700. The summed E-state index contributed by atoms with van der Waals surface area (Å²) in [6, 6.07) is 10.6. The molecule has 1 aromatic heterocycles. The predicted octanol–water partition coefficient (Wildman–Crippen LogP) is 3.02. The Hall–Kier alpha value is -2.85. The summed E-state index contributed by atoms with van der Waals surface area (Å²) in [7, 11) is 1.82. The molecule has 0 bridgehead atoms. The van der Waals surface area contributed by atoms with Crippen molar-refractivity contribution >= 4 is 34.8 Å². The van der Waals surface area contributed by atoms with E-state index in [1.807, 2.05) is 13.1 Å². The summed E-state index contributed by atoms with van der Waals surface area (Å²) in [5.74, 6) is 2.17. The predicted molar refractivity (Wildman–Crippen MR) is 153 cm³/mol. The lowest BCUT2D eigenvalue weighted by Crippen LogP contribution is -2.49. The number of amides is 2. The van der Waals surface area contributed by atoms with E-state index in [4.69, 9.17) is 9.97 Å². The molecule has 0 aliphatic carbocycles. The van der Waals surface area contributed by atoms with Gasteiger partial charge in [-0.15, -0.1) is 0 Å². The standard InChI is InChI=1S/C29H40N6O3S/c1-3-4-10-24(36)30-20-29(21-8-6-5-7-9-21)14-16-35(17-15-29)28-32-23-13-18-39(38)26(23)27(33-28)31-22-11-12-25(37)34(2)19-22/h5-9,22H,3-4,10-20H2,1-2H3,(H,30,36)(H,31,32,33)/t22-,39?/m0/s1. The largest absolute Gasteiger partial charge is 0.611 e. The molecule has 2 atom stereocenters. The van der Waals surface area contributed by atoms with E-state index in [2.05, 4.69) is 46.7 Å². The minimum Gasteiger partial charge on any atom is -0.611 e. The maximum Gasteiger partial charge on any atom is 0.227 e. The number of nitrogens with zero attached hydrogens (tertiary/aromatic N) is 4. The molecule has 0 radical (unpaired) electrons. The van der Waals surface area contributed by atoms with Crippen molar-refractivity contribution in [1.82, 2.24) is 20.2 Å². The maximum absolute atomic E-state index is 12.8. The number of likely N-dealkylation sites (tertiary alicyclic amines) is 1. The number of anilines is 2. The first-order chi connectivity index (χ1) is 18.9. The Balaban J connectivity index is 1.34. The van der Waals surface area contributed by atoms with Crippen LogP contribution < -0.4 is 15.5 Å². The molecule has 0 spiro atoms. The van der Waals surface area contributed by atoms with E-state index in [0.717, 1.165) is 55.8 Å². The van der Waals surface area contributed by atoms with Crippen molar-refractivity contribution in [2.24, 2.45) is 0 Å². The Kier molecular flexibility index (Phi) is 8.61. The first kappa shape index (κ1) is 27.7. The van der Waals surface area contributed by atoms with Gasteiger partial charge >= 0.3 is 0 Å². The molecule has 3 aliphatic heterocycles. The summed E-state index contributed by atoms with van der Waals surface area (Å²) in [5, 5.41) is 6.74. The van der Waals surface area contributed by atoms with Crippen LogP contribution in [0.15, 0.2) is 35.2 Å². The molecule has 3 aliphatic rings. The Morgan fingerprint density at radius 3 is 2.67 bits per heavy atom. The average Bonchev–Trinajstić information content (AvgIpc) is 3.34. The van der Waals surface area contributed by atoms with E-state index in [1.54, 1.807) is 4.90 Å². The first-order valence-electron chi connectivity index (χ1n) is 14.3. The number of likely N-dealkylation sites (N-methyl/N-ethyl adjacent to an activating group) is 1. The van der Waals surface area contributed by atoms with Gasteiger partial charge in [0.05, 0.1) is 0 Å². The summed E-state index contributed by atoms with van der Waals surface area (Å²) >= 11 is -1.12. The van der Waals surface area contributed by atoms with Gasteiger partial charge in [0, 0.05) is 63.9 Å². The summed E-state index contributed by atoms with van der Waals surface area (Å²) in [5.41, 5.74) is 1.98. The normalized spacial score (nSPS) is 22.5. The second kappa shape index (κ2) is 12.1. The number of piperidine rings is 2. The first-order valence-corrected chi connectivity index (χ1v) is 15.6. The Morgan fingerprint density at radius 1 is 1.18 bits per heavy atom. The molecule has 10 heteroatoms. The van der Waals surface area contributed by atoms with Gasteiger partial charge in [-0.25, -0.2) is 4.98 Å². The van der Waals surface area contributed by atoms with Crippen LogP contribution in [0.3, 0.4) is 0 Å². The number of benzene rings is 1. The van der Waals surface area contributed by atoms with Crippen LogP contribution in [0.1, 0.15) is 63.1 Å². The number of aromatic nitrogens is 2. The van der Waals surface area contributed by atoms with E-state index in [-0.39, 0.29) is 23.3 Å². The molecule has 210 valence electrons. The van der Waals surface area contributed by atoms with Crippen molar-refractivity contribution in [3.8, 4) is 0 Å². The van der Waals surface area contributed by atoms with Gasteiger partial charge in [-0.2, -0.15) is 4.98 Å².